The molecule has 0 fully saturated rings. The Labute approximate surface area is 140 Å². The molecule has 124 valence electrons. The van der Waals surface area contributed by atoms with Gasteiger partial charge in [0.1, 0.15) is 12.4 Å². The molecule has 0 aromatic heterocycles. The van der Waals surface area contributed by atoms with Gasteiger partial charge in [0, 0.05) is 6.54 Å². The number of hydrogen-bond acceptors (Lipinski definition) is 2. The molecule has 0 heterocycles. The first-order valence-corrected chi connectivity index (χ1v) is 8.76. The second-order valence-electron chi connectivity index (χ2n) is 6.16. The van der Waals surface area contributed by atoms with Crippen molar-refractivity contribution < 1.29 is 4.74 Å². The van der Waals surface area contributed by atoms with Crippen molar-refractivity contribution in [2.45, 2.75) is 52.7 Å². The minimum atomic E-state index is 0.620. The van der Waals surface area contributed by atoms with Crippen LogP contribution in [0, 0.1) is 6.92 Å². The number of hydrogen-bond donors (Lipinski definition) is 1. The maximum atomic E-state index is 5.84. The van der Waals surface area contributed by atoms with Crippen molar-refractivity contribution in [2.75, 3.05) is 6.54 Å². The zero-order valence-corrected chi connectivity index (χ0v) is 14.5. The van der Waals surface area contributed by atoms with Crippen LogP contribution in [-0.4, -0.2) is 6.54 Å². The number of rotatable bonds is 10. The summed E-state index contributed by atoms with van der Waals surface area (Å²) in [6.45, 7) is 7.00. The highest BCUT2D eigenvalue weighted by Gasteiger charge is 1.98. The summed E-state index contributed by atoms with van der Waals surface area (Å²) >= 11 is 0. The molecule has 0 saturated heterocycles. The second kappa shape index (κ2) is 10.1. The van der Waals surface area contributed by atoms with Crippen LogP contribution in [0.1, 0.15) is 49.3 Å². The number of unbranched alkanes of at least 4 members (excludes halogenated alkanes) is 3. The zero-order valence-electron chi connectivity index (χ0n) is 14.5. The molecule has 23 heavy (non-hydrogen) atoms. The van der Waals surface area contributed by atoms with Crippen LogP contribution < -0.4 is 10.1 Å². The minimum Gasteiger partial charge on any atom is -0.489 e. The number of benzene rings is 2. The van der Waals surface area contributed by atoms with Gasteiger partial charge in [0.05, 0.1) is 0 Å². The predicted molar refractivity (Wildman–Crippen MR) is 97.8 cm³/mol. The van der Waals surface area contributed by atoms with Gasteiger partial charge in [-0.2, -0.15) is 0 Å². The lowest BCUT2D eigenvalue weighted by atomic mass is 10.1. The fraction of sp³-hybridized carbons (Fsp3) is 0.429. The van der Waals surface area contributed by atoms with Gasteiger partial charge in [-0.25, -0.2) is 0 Å². The molecule has 2 heteroatoms. The van der Waals surface area contributed by atoms with Gasteiger partial charge in [-0.1, -0.05) is 68.1 Å². The topological polar surface area (TPSA) is 21.3 Å². The average Bonchev–Trinajstić information content (AvgIpc) is 2.58. The van der Waals surface area contributed by atoms with E-state index in [0.717, 1.165) is 18.8 Å². The summed E-state index contributed by atoms with van der Waals surface area (Å²) in [6.07, 6.45) is 5.24. The van der Waals surface area contributed by atoms with Gasteiger partial charge >= 0.3 is 0 Å². The van der Waals surface area contributed by atoms with Crippen LogP contribution in [0.2, 0.25) is 0 Å². The van der Waals surface area contributed by atoms with E-state index in [9.17, 15) is 0 Å². The van der Waals surface area contributed by atoms with E-state index >= 15 is 0 Å². The Kier molecular flexibility index (Phi) is 7.68. The predicted octanol–water partition coefficient (Wildman–Crippen LogP) is 5.24. The molecule has 0 aliphatic heterocycles. The SMILES string of the molecule is CCCCCCNCc1ccc(OCc2ccc(C)cc2)cc1. The summed E-state index contributed by atoms with van der Waals surface area (Å²) in [7, 11) is 0. The number of nitrogens with one attached hydrogen (secondary N) is 1. The van der Waals surface area contributed by atoms with Crippen LogP contribution >= 0.6 is 0 Å². The first kappa shape index (κ1) is 17.6. The summed E-state index contributed by atoms with van der Waals surface area (Å²) in [6, 6.07) is 16.9. The van der Waals surface area contributed by atoms with Gasteiger partial charge in [-0.15, -0.1) is 0 Å². The van der Waals surface area contributed by atoms with Gasteiger partial charge in [-0.3, -0.25) is 0 Å². The van der Waals surface area contributed by atoms with E-state index in [1.807, 2.05) is 0 Å². The third-order valence-electron chi connectivity index (χ3n) is 3.99. The van der Waals surface area contributed by atoms with Crippen molar-refractivity contribution in [1.29, 1.82) is 0 Å². The molecule has 0 spiro atoms. The lowest BCUT2D eigenvalue weighted by Crippen LogP contribution is -2.14. The zero-order chi connectivity index (χ0) is 16.3. The Morgan fingerprint density at radius 2 is 1.52 bits per heavy atom. The van der Waals surface area contributed by atoms with E-state index < -0.39 is 0 Å². The molecule has 2 nitrogen and oxygen atoms in total. The highest BCUT2D eigenvalue weighted by Crippen LogP contribution is 2.14. The molecule has 0 atom stereocenters. The molecular formula is C21H29NO. The third-order valence-corrected chi connectivity index (χ3v) is 3.99. The van der Waals surface area contributed by atoms with E-state index in [0.29, 0.717) is 6.61 Å². The Bertz CT molecular complexity index is 545. The van der Waals surface area contributed by atoms with Crippen LogP contribution in [0.4, 0.5) is 0 Å². The Morgan fingerprint density at radius 1 is 0.826 bits per heavy atom. The lowest BCUT2D eigenvalue weighted by Gasteiger charge is -2.08. The maximum Gasteiger partial charge on any atom is 0.119 e. The lowest BCUT2D eigenvalue weighted by molar-refractivity contribution is 0.306. The second-order valence-corrected chi connectivity index (χ2v) is 6.16. The molecule has 0 aliphatic carbocycles. The van der Waals surface area contributed by atoms with Gasteiger partial charge in [0.2, 0.25) is 0 Å². The fourth-order valence-corrected chi connectivity index (χ4v) is 2.46. The minimum absolute atomic E-state index is 0.620. The molecule has 0 saturated carbocycles. The molecule has 0 amide bonds. The maximum absolute atomic E-state index is 5.84. The van der Waals surface area contributed by atoms with E-state index in [-0.39, 0.29) is 0 Å². The first-order valence-electron chi connectivity index (χ1n) is 8.76. The highest BCUT2D eigenvalue weighted by molar-refractivity contribution is 5.28. The highest BCUT2D eigenvalue weighted by atomic mass is 16.5. The molecule has 0 radical (unpaired) electrons. The molecule has 0 bridgehead atoms. The Balaban J connectivity index is 1.68. The fourth-order valence-electron chi connectivity index (χ4n) is 2.46. The van der Waals surface area contributed by atoms with E-state index in [2.05, 4.69) is 67.7 Å². The van der Waals surface area contributed by atoms with Crippen molar-refractivity contribution in [3.8, 4) is 5.75 Å². The number of ether oxygens (including phenoxy) is 1. The summed E-state index contributed by atoms with van der Waals surface area (Å²) < 4.78 is 5.84. The smallest absolute Gasteiger partial charge is 0.119 e. The van der Waals surface area contributed by atoms with Crippen LogP contribution in [0.15, 0.2) is 48.5 Å². The van der Waals surface area contributed by atoms with Crippen molar-refractivity contribution in [3.05, 3.63) is 65.2 Å². The quantitative estimate of drug-likeness (QED) is 0.606. The van der Waals surface area contributed by atoms with Crippen LogP contribution in [-0.2, 0) is 13.2 Å². The van der Waals surface area contributed by atoms with E-state index in [1.54, 1.807) is 0 Å². The van der Waals surface area contributed by atoms with Crippen LogP contribution in [0.3, 0.4) is 0 Å². The van der Waals surface area contributed by atoms with Gasteiger partial charge in [0.25, 0.3) is 0 Å². The van der Waals surface area contributed by atoms with Crippen molar-refractivity contribution in [2.24, 2.45) is 0 Å². The van der Waals surface area contributed by atoms with Gasteiger partial charge < -0.3 is 10.1 Å². The summed E-state index contributed by atoms with van der Waals surface area (Å²) in [4.78, 5) is 0. The van der Waals surface area contributed by atoms with E-state index in [4.69, 9.17) is 4.74 Å². The van der Waals surface area contributed by atoms with Crippen LogP contribution in [0.5, 0.6) is 5.75 Å². The van der Waals surface area contributed by atoms with Crippen molar-refractivity contribution in [3.63, 3.8) is 0 Å². The summed E-state index contributed by atoms with van der Waals surface area (Å²) in [5.41, 5.74) is 3.79. The molecule has 2 aromatic rings. The molecular weight excluding hydrogens is 282 g/mol. The Hall–Kier alpha value is -1.80. The molecule has 0 aliphatic rings. The van der Waals surface area contributed by atoms with E-state index in [1.165, 1.54) is 42.4 Å². The van der Waals surface area contributed by atoms with Gasteiger partial charge in [-0.05, 0) is 43.1 Å². The van der Waals surface area contributed by atoms with Crippen LogP contribution in [0.25, 0.3) is 0 Å². The summed E-state index contributed by atoms with van der Waals surface area (Å²) in [5, 5.41) is 3.50. The normalized spacial score (nSPS) is 10.7. The Morgan fingerprint density at radius 3 is 2.22 bits per heavy atom. The largest absolute Gasteiger partial charge is 0.489 e. The average molecular weight is 311 g/mol. The van der Waals surface area contributed by atoms with Gasteiger partial charge in [0.15, 0.2) is 0 Å². The summed E-state index contributed by atoms with van der Waals surface area (Å²) in [5.74, 6) is 0.928. The molecule has 1 N–H and O–H groups in total. The van der Waals surface area contributed by atoms with Crippen molar-refractivity contribution >= 4 is 0 Å². The molecule has 0 unspecified atom stereocenters. The first-order chi connectivity index (χ1) is 11.3. The molecule has 2 aromatic carbocycles. The third kappa shape index (κ3) is 6.87. The number of aryl methyl sites for hydroxylation is 1. The monoisotopic (exact) mass is 311 g/mol. The molecule has 2 rings (SSSR count). The standard InChI is InChI=1S/C21H29NO/c1-3-4-5-6-15-22-16-19-11-13-21(14-12-19)23-17-20-9-7-18(2)8-10-20/h7-14,22H,3-6,15-17H2,1-2H3. The van der Waals surface area contributed by atoms with Crippen molar-refractivity contribution in [1.82, 2.24) is 5.32 Å².